The quantitative estimate of drug-likeness (QED) is 0.818. The Morgan fingerprint density at radius 2 is 1.33 bits per heavy atom. The van der Waals surface area contributed by atoms with E-state index in [-0.39, 0.29) is 0 Å². The minimum absolute atomic E-state index is 0.536. The van der Waals surface area contributed by atoms with Crippen LogP contribution in [0.15, 0.2) is 36.7 Å². The van der Waals surface area contributed by atoms with Crippen LogP contribution in [-0.2, 0) is 0 Å². The van der Waals surface area contributed by atoms with Crippen LogP contribution in [0.25, 0.3) is 0 Å². The first-order chi connectivity index (χ1) is 9.93. The van der Waals surface area contributed by atoms with Crippen molar-refractivity contribution in [2.45, 2.75) is 46.5 Å². The molecule has 0 aliphatic carbocycles. The number of methoxy groups -OCH3 is 1. The highest BCUT2D eigenvalue weighted by molar-refractivity contribution is 5.20. The van der Waals surface area contributed by atoms with Gasteiger partial charge in [0.05, 0.1) is 7.11 Å². The lowest BCUT2D eigenvalue weighted by Gasteiger charge is -2.04. The number of pyridine rings is 2. The molecule has 2 heterocycles. The Bertz CT molecular complexity index is 516. The molecular weight excluding hydrogens is 260 g/mol. The van der Waals surface area contributed by atoms with Crippen LogP contribution in [-0.4, -0.2) is 17.1 Å². The Labute approximate surface area is 128 Å². The fraction of sp³-hybridized carbons (Fsp3) is 0.444. The summed E-state index contributed by atoms with van der Waals surface area (Å²) in [5, 5.41) is 0. The SMILES string of the molecule is COc1ccc(C(C)C)cn1.Cc1ccc(C(C)C)cn1. The average molecular weight is 286 g/mol. The van der Waals surface area contributed by atoms with Crippen LogP contribution in [0.2, 0.25) is 0 Å². The summed E-state index contributed by atoms with van der Waals surface area (Å²) in [6.07, 6.45) is 3.80. The monoisotopic (exact) mass is 286 g/mol. The molecule has 0 saturated heterocycles. The van der Waals surface area contributed by atoms with Gasteiger partial charge in [-0.25, -0.2) is 4.98 Å². The Morgan fingerprint density at radius 1 is 0.810 bits per heavy atom. The van der Waals surface area contributed by atoms with E-state index in [0.717, 1.165) is 5.69 Å². The molecule has 0 atom stereocenters. The van der Waals surface area contributed by atoms with Gasteiger partial charge < -0.3 is 4.74 Å². The summed E-state index contributed by atoms with van der Waals surface area (Å²) in [7, 11) is 1.62. The van der Waals surface area contributed by atoms with Crippen LogP contribution in [0, 0.1) is 6.92 Å². The van der Waals surface area contributed by atoms with Gasteiger partial charge in [-0.05, 0) is 36.0 Å². The summed E-state index contributed by atoms with van der Waals surface area (Å²) in [6, 6.07) is 8.11. The molecule has 0 aliphatic heterocycles. The molecule has 0 aliphatic rings. The van der Waals surface area contributed by atoms with Crippen molar-refractivity contribution < 1.29 is 4.74 Å². The number of hydrogen-bond donors (Lipinski definition) is 0. The fourth-order valence-electron chi connectivity index (χ4n) is 1.67. The average Bonchev–Trinajstić information content (AvgIpc) is 2.48. The van der Waals surface area contributed by atoms with E-state index in [9.17, 15) is 0 Å². The molecular formula is C18H26N2O. The fourth-order valence-corrected chi connectivity index (χ4v) is 1.67. The second kappa shape index (κ2) is 8.40. The van der Waals surface area contributed by atoms with Crippen LogP contribution >= 0.6 is 0 Å². The third-order valence-corrected chi connectivity index (χ3v) is 3.24. The molecule has 0 fully saturated rings. The summed E-state index contributed by atoms with van der Waals surface area (Å²) >= 11 is 0. The molecule has 0 radical (unpaired) electrons. The van der Waals surface area contributed by atoms with Crippen LogP contribution in [0.3, 0.4) is 0 Å². The summed E-state index contributed by atoms with van der Waals surface area (Å²) in [5.41, 5.74) is 3.64. The zero-order valence-electron chi connectivity index (χ0n) is 13.9. The van der Waals surface area contributed by atoms with Gasteiger partial charge in [0.25, 0.3) is 0 Å². The van der Waals surface area contributed by atoms with Crippen LogP contribution < -0.4 is 4.74 Å². The van der Waals surface area contributed by atoms with Gasteiger partial charge in [0, 0.05) is 24.2 Å². The molecule has 0 bridgehead atoms. The van der Waals surface area contributed by atoms with Gasteiger partial charge in [-0.1, -0.05) is 39.8 Å². The predicted molar refractivity (Wildman–Crippen MR) is 87.9 cm³/mol. The summed E-state index contributed by atoms with van der Waals surface area (Å²) < 4.78 is 4.94. The second-order valence-electron chi connectivity index (χ2n) is 5.68. The Kier molecular flexibility index (Phi) is 6.86. The highest BCUT2D eigenvalue weighted by Crippen LogP contribution is 2.15. The highest BCUT2D eigenvalue weighted by atomic mass is 16.5. The Balaban J connectivity index is 0.000000211. The third-order valence-electron chi connectivity index (χ3n) is 3.24. The second-order valence-corrected chi connectivity index (χ2v) is 5.68. The van der Waals surface area contributed by atoms with Gasteiger partial charge >= 0.3 is 0 Å². The molecule has 0 amide bonds. The van der Waals surface area contributed by atoms with E-state index in [0.29, 0.717) is 17.7 Å². The van der Waals surface area contributed by atoms with Crippen LogP contribution in [0.1, 0.15) is 56.4 Å². The van der Waals surface area contributed by atoms with E-state index in [1.807, 2.05) is 31.5 Å². The Morgan fingerprint density at radius 3 is 1.67 bits per heavy atom. The van der Waals surface area contributed by atoms with Crippen molar-refractivity contribution in [1.82, 2.24) is 9.97 Å². The molecule has 3 heteroatoms. The number of aromatic nitrogens is 2. The molecule has 0 saturated carbocycles. The van der Waals surface area contributed by atoms with Crippen molar-refractivity contribution in [3.8, 4) is 5.88 Å². The van der Waals surface area contributed by atoms with Crippen molar-refractivity contribution in [3.63, 3.8) is 0 Å². The van der Waals surface area contributed by atoms with Crippen LogP contribution in [0.5, 0.6) is 5.88 Å². The van der Waals surface area contributed by atoms with Crippen LogP contribution in [0.4, 0.5) is 0 Å². The van der Waals surface area contributed by atoms with Gasteiger partial charge in [0.15, 0.2) is 0 Å². The van der Waals surface area contributed by atoms with Crippen molar-refractivity contribution in [2.75, 3.05) is 7.11 Å². The maximum Gasteiger partial charge on any atom is 0.212 e. The lowest BCUT2D eigenvalue weighted by Crippen LogP contribution is -1.91. The first-order valence-corrected chi connectivity index (χ1v) is 7.36. The molecule has 0 unspecified atom stereocenters. The third kappa shape index (κ3) is 5.94. The van der Waals surface area contributed by atoms with Gasteiger partial charge in [-0.3, -0.25) is 4.98 Å². The lowest BCUT2D eigenvalue weighted by atomic mass is 10.1. The van der Waals surface area contributed by atoms with Crippen molar-refractivity contribution in [2.24, 2.45) is 0 Å². The minimum atomic E-state index is 0.536. The standard InChI is InChI=1S/C9H13NO.C9H13N/c1-7(2)8-4-5-9(11-3)10-6-8;1-7(2)9-5-4-8(3)10-6-9/h4-7H,1-3H3;4-7H,1-3H3. The maximum atomic E-state index is 4.94. The van der Waals surface area contributed by atoms with Gasteiger partial charge in [0.2, 0.25) is 5.88 Å². The molecule has 3 nitrogen and oxygen atoms in total. The number of aryl methyl sites for hydroxylation is 1. The highest BCUT2D eigenvalue weighted by Gasteiger charge is 1.98. The lowest BCUT2D eigenvalue weighted by molar-refractivity contribution is 0.397. The van der Waals surface area contributed by atoms with E-state index in [1.165, 1.54) is 11.1 Å². The molecule has 2 aromatic rings. The summed E-state index contributed by atoms with van der Waals surface area (Å²) in [4.78, 5) is 8.30. The first-order valence-electron chi connectivity index (χ1n) is 7.36. The molecule has 0 spiro atoms. The minimum Gasteiger partial charge on any atom is -0.481 e. The van der Waals surface area contributed by atoms with Crippen molar-refractivity contribution in [1.29, 1.82) is 0 Å². The van der Waals surface area contributed by atoms with E-state index >= 15 is 0 Å². The summed E-state index contributed by atoms with van der Waals surface area (Å²) in [6.45, 7) is 10.6. The molecule has 114 valence electrons. The smallest absolute Gasteiger partial charge is 0.212 e. The van der Waals surface area contributed by atoms with Gasteiger partial charge in [0.1, 0.15) is 0 Å². The van der Waals surface area contributed by atoms with Gasteiger partial charge in [-0.2, -0.15) is 0 Å². The normalized spacial score (nSPS) is 10.3. The number of hydrogen-bond acceptors (Lipinski definition) is 3. The number of nitrogens with zero attached hydrogens (tertiary/aromatic N) is 2. The zero-order valence-corrected chi connectivity index (χ0v) is 13.9. The topological polar surface area (TPSA) is 35.0 Å². The predicted octanol–water partition coefficient (Wildman–Crippen LogP) is 4.73. The van der Waals surface area contributed by atoms with Crippen molar-refractivity contribution >= 4 is 0 Å². The van der Waals surface area contributed by atoms with E-state index in [1.54, 1.807) is 7.11 Å². The summed E-state index contributed by atoms with van der Waals surface area (Å²) in [5.74, 6) is 1.80. The first kappa shape index (κ1) is 17.2. The molecule has 21 heavy (non-hydrogen) atoms. The Hall–Kier alpha value is -1.90. The number of ether oxygens (including phenoxy) is 1. The van der Waals surface area contributed by atoms with Crippen molar-refractivity contribution in [3.05, 3.63) is 53.5 Å². The molecule has 2 aromatic heterocycles. The molecule has 0 aromatic carbocycles. The zero-order chi connectivity index (χ0) is 15.8. The maximum absolute atomic E-state index is 4.94. The van der Waals surface area contributed by atoms with E-state index in [2.05, 4.69) is 49.8 Å². The largest absolute Gasteiger partial charge is 0.481 e. The molecule has 2 rings (SSSR count). The number of rotatable bonds is 3. The van der Waals surface area contributed by atoms with Gasteiger partial charge in [-0.15, -0.1) is 0 Å². The molecule has 0 N–H and O–H groups in total. The van der Waals surface area contributed by atoms with E-state index < -0.39 is 0 Å². The van der Waals surface area contributed by atoms with E-state index in [4.69, 9.17) is 4.74 Å².